The van der Waals surface area contributed by atoms with E-state index in [-0.39, 0.29) is 11.6 Å². The van der Waals surface area contributed by atoms with Gasteiger partial charge in [-0.25, -0.2) is 0 Å². The van der Waals surface area contributed by atoms with Crippen molar-refractivity contribution in [2.75, 3.05) is 4.90 Å². The Kier molecular flexibility index (Phi) is 5.46. The number of nitro benzene ring substituents is 1. The molecule has 9 heteroatoms. The van der Waals surface area contributed by atoms with Gasteiger partial charge in [0.2, 0.25) is 0 Å². The van der Waals surface area contributed by atoms with Gasteiger partial charge in [0.1, 0.15) is 11.5 Å². The van der Waals surface area contributed by atoms with E-state index in [1.54, 1.807) is 48.5 Å². The van der Waals surface area contributed by atoms with Crippen LogP contribution in [-0.2, 0) is 4.79 Å². The number of furan rings is 1. The Morgan fingerprint density at radius 1 is 1.17 bits per heavy atom. The third-order valence-corrected chi connectivity index (χ3v) is 6.03. The lowest BCUT2D eigenvalue weighted by atomic mass is 10.1. The SMILES string of the molecule is Cc1ccc([N+](=O)[O-])cc1-c1ccc(C=C2SC(=S)N(c3ccc(Cl)cc3)C2=O)o1. The smallest absolute Gasteiger partial charge is 0.270 e. The van der Waals surface area contributed by atoms with Gasteiger partial charge in [0.25, 0.3) is 11.6 Å². The lowest BCUT2D eigenvalue weighted by Gasteiger charge is -2.14. The summed E-state index contributed by atoms with van der Waals surface area (Å²) in [5.41, 5.74) is 2.09. The van der Waals surface area contributed by atoms with E-state index in [0.29, 0.717) is 37.0 Å². The molecular weight excluding hydrogens is 444 g/mol. The number of aryl methyl sites for hydroxylation is 1. The van der Waals surface area contributed by atoms with Crippen molar-refractivity contribution in [1.82, 2.24) is 0 Å². The predicted octanol–water partition coefficient (Wildman–Crippen LogP) is 6.22. The topological polar surface area (TPSA) is 76.6 Å². The predicted molar refractivity (Wildman–Crippen MR) is 123 cm³/mol. The van der Waals surface area contributed by atoms with Crippen LogP contribution in [0.3, 0.4) is 0 Å². The molecule has 6 nitrogen and oxygen atoms in total. The van der Waals surface area contributed by atoms with Gasteiger partial charge in [-0.1, -0.05) is 41.6 Å². The third kappa shape index (κ3) is 3.89. The molecule has 0 N–H and O–H groups in total. The number of anilines is 1. The lowest BCUT2D eigenvalue weighted by Crippen LogP contribution is -2.27. The number of hydrogen-bond acceptors (Lipinski definition) is 6. The highest BCUT2D eigenvalue weighted by Gasteiger charge is 2.33. The van der Waals surface area contributed by atoms with Gasteiger partial charge >= 0.3 is 0 Å². The maximum absolute atomic E-state index is 12.9. The number of hydrogen-bond donors (Lipinski definition) is 0. The van der Waals surface area contributed by atoms with E-state index in [9.17, 15) is 14.9 Å². The molecule has 2 aromatic carbocycles. The molecular formula is C21H13ClN2O4S2. The normalized spacial score (nSPS) is 15.3. The number of carbonyl (C=O) groups excluding carboxylic acids is 1. The van der Waals surface area contributed by atoms with Gasteiger partial charge in [-0.05, 0) is 48.9 Å². The van der Waals surface area contributed by atoms with E-state index in [1.807, 2.05) is 6.92 Å². The van der Waals surface area contributed by atoms with Crippen LogP contribution in [0.2, 0.25) is 5.02 Å². The minimum absolute atomic E-state index is 0.0163. The standard InChI is InChI=1S/C21H13ClN2O4S2/c1-12-2-5-15(24(26)27)10-17(12)18-9-8-16(28-18)11-19-20(25)23(21(29)30-19)14-6-3-13(22)4-7-14/h2-11H,1H3. The largest absolute Gasteiger partial charge is 0.457 e. The second kappa shape index (κ2) is 8.06. The number of carbonyl (C=O) groups is 1. The van der Waals surface area contributed by atoms with Gasteiger partial charge in [-0.15, -0.1) is 0 Å². The average Bonchev–Trinajstić information content (AvgIpc) is 3.27. The molecule has 1 amide bonds. The molecule has 0 unspecified atom stereocenters. The second-order valence-corrected chi connectivity index (χ2v) is 8.56. The first-order valence-corrected chi connectivity index (χ1v) is 10.3. The zero-order chi connectivity index (χ0) is 21.4. The van der Waals surface area contributed by atoms with E-state index in [1.165, 1.54) is 28.8 Å². The summed E-state index contributed by atoms with van der Waals surface area (Å²) < 4.78 is 6.26. The molecule has 2 heterocycles. The Morgan fingerprint density at radius 2 is 1.90 bits per heavy atom. The Labute approximate surface area is 186 Å². The van der Waals surface area contributed by atoms with Crippen molar-refractivity contribution in [3.63, 3.8) is 0 Å². The van der Waals surface area contributed by atoms with E-state index < -0.39 is 4.92 Å². The minimum atomic E-state index is -0.450. The zero-order valence-corrected chi connectivity index (χ0v) is 17.9. The van der Waals surface area contributed by atoms with Gasteiger partial charge in [0, 0.05) is 28.8 Å². The first-order chi connectivity index (χ1) is 14.3. The molecule has 4 rings (SSSR count). The zero-order valence-electron chi connectivity index (χ0n) is 15.5. The van der Waals surface area contributed by atoms with E-state index >= 15 is 0 Å². The highest BCUT2D eigenvalue weighted by atomic mass is 35.5. The van der Waals surface area contributed by atoms with Crippen molar-refractivity contribution in [3.05, 3.63) is 86.0 Å². The summed E-state index contributed by atoms with van der Waals surface area (Å²) in [7, 11) is 0. The van der Waals surface area contributed by atoms with Crippen molar-refractivity contribution < 1.29 is 14.1 Å². The minimum Gasteiger partial charge on any atom is -0.457 e. The number of benzene rings is 2. The number of rotatable bonds is 4. The van der Waals surface area contributed by atoms with Crippen LogP contribution >= 0.6 is 35.6 Å². The molecule has 0 atom stereocenters. The number of nitro groups is 1. The first kappa shape index (κ1) is 20.3. The van der Waals surface area contributed by atoms with Crippen LogP contribution in [0, 0.1) is 17.0 Å². The molecule has 1 fully saturated rings. The van der Waals surface area contributed by atoms with Gasteiger partial charge in [0.15, 0.2) is 4.32 Å². The molecule has 0 bridgehead atoms. The molecule has 0 spiro atoms. The highest BCUT2D eigenvalue weighted by molar-refractivity contribution is 8.27. The summed E-state index contributed by atoms with van der Waals surface area (Å²) in [6.07, 6.45) is 1.62. The molecule has 0 aliphatic carbocycles. The van der Waals surface area contributed by atoms with Gasteiger partial charge in [0.05, 0.1) is 15.5 Å². The summed E-state index contributed by atoms with van der Waals surface area (Å²) in [4.78, 5) is 25.3. The number of nitrogens with zero attached hydrogens (tertiary/aromatic N) is 2. The van der Waals surface area contributed by atoms with Crippen molar-refractivity contribution in [3.8, 4) is 11.3 Å². The van der Waals surface area contributed by atoms with Crippen molar-refractivity contribution in [1.29, 1.82) is 0 Å². The van der Waals surface area contributed by atoms with Gasteiger partial charge < -0.3 is 4.42 Å². The molecule has 150 valence electrons. The van der Waals surface area contributed by atoms with Crippen LogP contribution in [0.5, 0.6) is 0 Å². The average molecular weight is 457 g/mol. The number of amides is 1. The van der Waals surface area contributed by atoms with Crippen LogP contribution < -0.4 is 4.90 Å². The van der Waals surface area contributed by atoms with Crippen LogP contribution in [0.15, 0.2) is 63.9 Å². The monoisotopic (exact) mass is 456 g/mol. The van der Waals surface area contributed by atoms with Crippen molar-refractivity contribution in [2.24, 2.45) is 0 Å². The summed E-state index contributed by atoms with van der Waals surface area (Å²) in [5.74, 6) is 0.681. The number of thioether (sulfide) groups is 1. The fourth-order valence-electron chi connectivity index (χ4n) is 2.97. The molecule has 3 aromatic rings. The molecule has 1 aliphatic rings. The third-order valence-electron chi connectivity index (χ3n) is 4.48. The van der Waals surface area contributed by atoms with Gasteiger partial charge in [-0.2, -0.15) is 0 Å². The summed E-state index contributed by atoms with van der Waals surface area (Å²) in [5, 5.41) is 11.6. The lowest BCUT2D eigenvalue weighted by molar-refractivity contribution is -0.384. The molecule has 30 heavy (non-hydrogen) atoms. The maximum atomic E-state index is 12.9. The summed E-state index contributed by atoms with van der Waals surface area (Å²) in [6, 6.07) is 14.9. The van der Waals surface area contributed by atoms with E-state index in [0.717, 1.165) is 5.56 Å². The Morgan fingerprint density at radius 3 is 2.60 bits per heavy atom. The molecule has 1 aromatic heterocycles. The van der Waals surface area contributed by atoms with Gasteiger partial charge in [-0.3, -0.25) is 19.8 Å². The van der Waals surface area contributed by atoms with E-state index in [4.69, 9.17) is 28.2 Å². The Bertz CT molecular complexity index is 1220. The van der Waals surface area contributed by atoms with Crippen LogP contribution in [0.4, 0.5) is 11.4 Å². The highest BCUT2D eigenvalue weighted by Crippen LogP contribution is 2.37. The second-order valence-electron chi connectivity index (χ2n) is 6.45. The quantitative estimate of drug-likeness (QED) is 0.201. The summed E-state index contributed by atoms with van der Waals surface area (Å²) in [6.45, 7) is 1.85. The Balaban J connectivity index is 1.63. The molecule has 0 saturated carbocycles. The van der Waals surface area contributed by atoms with Crippen LogP contribution in [-0.4, -0.2) is 15.2 Å². The fourth-order valence-corrected chi connectivity index (χ4v) is 4.38. The van der Waals surface area contributed by atoms with Crippen molar-refractivity contribution in [2.45, 2.75) is 6.92 Å². The molecule has 1 aliphatic heterocycles. The molecule has 0 radical (unpaired) electrons. The molecule has 1 saturated heterocycles. The number of halogens is 1. The van der Waals surface area contributed by atoms with Crippen LogP contribution in [0.25, 0.3) is 17.4 Å². The number of non-ortho nitro benzene ring substituents is 1. The van der Waals surface area contributed by atoms with E-state index in [2.05, 4.69) is 0 Å². The van der Waals surface area contributed by atoms with Crippen molar-refractivity contribution >= 4 is 63.3 Å². The fraction of sp³-hybridized carbons (Fsp3) is 0.0476. The van der Waals surface area contributed by atoms with Crippen LogP contribution in [0.1, 0.15) is 11.3 Å². The number of thiocarbonyl (C=S) groups is 1. The maximum Gasteiger partial charge on any atom is 0.270 e. The summed E-state index contributed by atoms with van der Waals surface area (Å²) >= 11 is 12.5. The Hall–Kier alpha value is -2.94. The first-order valence-electron chi connectivity index (χ1n) is 8.72.